The van der Waals surface area contributed by atoms with Crippen molar-refractivity contribution in [2.24, 2.45) is 5.92 Å². The Hall–Kier alpha value is -2.88. The topological polar surface area (TPSA) is 85.4 Å². The van der Waals surface area contributed by atoms with Crippen molar-refractivity contribution in [3.8, 4) is 17.2 Å². The largest absolute Gasteiger partial charge is 0.493 e. The number of sulfonamides is 1. The van der Waals surface area contributed by atoms with Crippen LogP contribution in [0.2, 0.25) is 0 Å². The van der Waals surface area contributed by atoms with Gasteiger partial charge in [0.15, 0.2) is 11.5 Å². The van der Waals surface area contributed by atoms with Crippen LogP contribution in [0.15, 0.2) is 49.1 Å². The number of hydrogen-bond acceptors (Lipinski definition) is 7. The summed E-state index contributed by atoms with van der Waals surface area (Å²) in [6.07, 6.45) is 4.73. The molecule has 2 bridgehead atoms. The van der Waals surface area contributed by atoms with Gasteiger partial charge in [-0.2, -0.15) is 4.31 Å². The van der Waals surface area contributed by atoms with E-state index in [2.05, 4.69) is 11.5 Å². The van der Waals surface area contributed by atoms with E-state index in [0.717, 1.165) is 49.0 Å². The summed E-state index contributed by atoms with van der Waals surface area (Å²) in [6, 6.07) is 10.9. The molecule has 2 aliphatic heterocycles. The van der Waals surface area contributed by atoms with Crippen LogP contribution in [0.25, 0.3) is 0 Å². The zero-order valence-corrected chi connectivity index (χ0v) is 23.6. The molecule has 2 heterocycles. The molecule has 1 spiro atoms. The van der Waals surface area contributed by atoms with Gasteiger partial charge in [0.05, 0.1) is 18.9 Å². The highest BCUT2D eigenvalue weighted by molar-refractivity contribution is 7.88. The Balaban J connectivity index is 1.46. The summed E-state index contributed by atoms with van der Waals surface area (Å²) in [6.45, 7) is 7.03. The van der Waals surface area contributed by atoms with E-state index in [1.54, 1.807) is 24.5 Å². The number of piperidine rings is 1. The molecule has 1 saturated carbocycles. The Kier molecular flexibility index (Phi) is 6.51. The minimum atomic E-state index is -3.61. The van der Waals surface area contributed by atoms with Crippen molar-refractivity contribution < 1.29 is 27.4 Å². The Morgan fingerprint density at radius 3 is 2.72 bits per heavy atom. The lowest BCUT2D eigenvalue weighted by Crippen LogP contribution is -2.68. The molecule has 2 aromatic carbocycles. The van der Waals surface area contributed by atoms with Crippen LogP contribution in [0.4, 0.5) is 0 Å². The average Bonchev–Trinajstić information content (AvgIpc) is 3.25. The first-order valence-corrected chi connectivity index (χ1v) is 15.3. The summed E-state index contributed by atoms with van der Waals surface area (Å²) in [5.74, 6) is 1.55. The first-order valence-electron chi connectivity index (χ1n) is 13.6. The number of carbonyl (C=O) groups is 1. The number of likely N-dealkylation sites (tertiary alicyclic amines) is 1. The van der Waals surface area contributed by atoms with Crippen LogP contribution in [-0.4, -0.2) is 69.0 Å². The first kappa shape index (κ1) is 26.3. The maximum absolute atomic E-state index is 13.7. The number of hydrogen-bond donors (Lipinski definition) is 0. The molecule has 5 atom stereocenters. The van der Waals surface area contributed by atoms with Gasteiger partial charge in [-0.1, -0.05) is 36.4 Å². The molecule has 4 aliphatic rings. The standard InChI is InChI=1S/C30H36N2O6S/c1-5-14-32-15-13-30-22-11-12-23(31(3)39(34,35)18-20-9-7-6-8-10-20)29(30)38-28-26(36-4)17-25(37-19(2)33)21(27(28)30)16-24(22)32/h5-10,17,22-24,29H,1,11-16,18H2,2-4H3/t22-,23-,24+,29-,30-/m0/s1. The number of ether oxygens (including phenoxy) is 3. The van der Waals surface area contributed by atoms with Crippen LogP contribution in [0.3, 0.4) is 0 Å². The Bertz CT molecular complexity index is 1410. The molecule has 6 rings (SSSR count). The van der Waals surface area contributed by atoms with Crippen molar-refractivity contribution in [2.75, 3.05) is 27.2 Å². The van der Waals surface area contributed by atoms with Crippen molar-refractivity contribution in [3.63, 3.8) is 0 Å². The monoisotopic (exact) mass is 552 g/mol. The number of rotatable bonds is 8. The smallest absolute Gasteiger partial charge is 0.308 e. The maximum Gasteiger partial charge on any atom is 0.308 e. The Morgan fingerprint density at radius 2 is 2.03 bits per heavy atom. The van der Waals surface area contributed by atoms with E-state index < -0.39 is 15.4 Å². The van der Waals surface area contributed by atoms with Gasteiger partial charge < -0.3 is 14.2 Å². The predicted molar refractivity (Wildman–Crippen MR) is 148 cm³/mol. The van der Waals surface area contributed by atoms with Gasteiger partial charge >= 0.3 is 5.97 Å². The fraction of sp³-hybridized carbons (Fsp3) is 0.500. The van der Waals surface area contributed by atoms with Gasteiger partial charge in [0.2, 0.25) is 10.0 Å². The normalized spacial score (nSPS) is 28.9. The van der Waals surface area contributed by atoms with Gasteiger partial charge in [-0.15, -0.1) is 6.58 Å². The Morgan fingerprint density at radius 1 is 1.26 bits per heavy atom. The molecule has 8 nitrogen and oxygen atoms in total. The highest BCUT2D eigenvalue weighted by Gasteiger charge is 2.67. The summed E-state index contributed by atoms with van der Waals surface area (Å²) < 4.78 is 47.3. The number of carbonyl (C=O) groups excluding carboxylic acids is 1. The van der Waals surface area contributed by atoms with Gasteiger partial charge in [0.25, 0.3) is 0 Å². The Labute approximate surface area is 230 Å². The fourth-order valence-corrected chi connectivity index (χ4v) is 9.34. The molecular formula is C30H36N2O6S. The summed E-state index contributed by atoms with van der Waals surface area (Å²) in [7, 11) is -0.327. The lowest BCUT2D eigenvalue weighted by Gasteiger charge is -2.60. The highest BCUT2D eigenvalue weighted by Crippen LogP contribution is 2.65. The van der Waals surface area contributed by atoms with Crippen LogP contribution in [0.5, 0.6) is 17.2 Å². The van der Waals surface area contributed by atoms with E-state index in [9.17, 15) is 13.2 Å². The van der Waals surface area contributed by atoms with Gasteiger partial charge in [-0.3, -0.25) is 9.69 Å². The van der Waals surface area contributed by atoms with Gasteiger partial charge in [0.1, 0.15) is 11.9 Å². The van der Waals surface area contributed by atoms with E-state index in [1.807, 2.05) is 36.4 Å². The molecule has 0 aromatic heterocycles. The second-order valence-electron chi connectivity index (χ2n) is 11.2. The zero-order chi connectivity index (χ0) is 27.5. The lowest BCUT2D eigenvalue weighted by molar-refractivity contribution is -0.132. The van der Waals surface area contributed by atoms with Gasteiger partial charge in [-0.25, -0.2) is 8.42 Å². The van der Waals surface area contributed by atoms with Crippen LogP contribution in [0.1, 0.15) is 42.9 Å². The lowest BCUT2D eigenvalue weighted by atomic mass is 9.51. The molecule has 2 fully saturated rings. The number of benzene rings is 2. The van der Waals surface area contributed by atoms with E-state index in [4.69, 9.17) is 14.2 Å². The minimum Gasteiger partial charge on any atom is -0.493 e. The van der Waals surface area contributed by atoms with Crippen LogP contribution >= 0.6 is 0 Å². The van der Waals surface area contributed by atoms with E-state index in [-0.39, 0.29) is 35.8 Å². The molecule has 0 amide bonds. The van der Waals surface area contributed by atoms with Crippen LogP contribution in [-0.2, 0) is 32.4 Å². The summed E-state index contributed by atoms with van der Waals surface area (Å²) >= 11 is 0. The van der Waals surface area contributed by atoms with E-state index in [1.165, 1.54) is 6.92 Å². The molecule has 208 valence electrons. The maximum atomic E-state index is 13.7. The molecule has 2 aliphatic carbocycles. The zero-order valence-electron chi connectivity index (χ0n) is 22.8. The SMILES string of the molecule is C=CCN1CC[C@]23c4c5c(OC(C)=O)cc(OC)c4O[C@H]2[C@@H](N(C)S(=O)(=O)Cc2ccccc2)CC[C@H]3[C@H]1C5. The number of methoxy groups -OCH3 is 1. The fourth-order valence-electron chi connectivity index (χ4n) is 7.89. The molecule has 0 radical (unpaired) electrons. The minimum absolute atomic E-state index is 0.0577. The molecule has 0 N–H and O–H groups in total. The van der Waals surface area contributed by atoms with Crippen molar-refractivity contribution in [3.05, 3.63) is 65.7 Å². The van der Waals surface area contributed by atoms with Crippen molar-refractivity contribution in [1.82, 2.24) is 9.21 Å². The molecular weight excluding hydrogens is 516 g/mol. The highest BCUT2D eigenvalue weighted by atomic mass is 32.2. The third-order valence-corrected chi connectivity index (χ3v) is 11.3. The second kappa shape index (κ2) is 9.64. The second-order valence-corrected chi connectivity index (χ2v) is 13.3. The van der Waals surface area contributed by atoms with E-state index in [0.29, 0.717) is 23.7 Å². The van der Waals surface area contributed by atoms with Crippen LogP contribution < -0.4 is 14.2 Å². The van der Waals surface area contributed by atoms with Crippen molar-refractivity contribution in [2.45, 2.75) is 62.0 Å². The molecule has 0 unspecified atom stereocenters. The van der Waals surface area contributed by atoms with Crippen molar-refractivity contribution in [1.29, 1.82) is 0 Å². The molecule has 2 aromatic rings. The van der Waals surface area contributed by atoms with Crippen molar-refractivity contribution >= 4 is 16.0 Å². The first-order chi connectivity index (χ1) is 18.7. The van der Waals surface area contributed by atoms with Crippen LogP contribution in [0, 0.1) is 5.92 Å². The molecule has 39 heavy (non-hydrogen) atoms. The number of likely N-dealkylation sites (N-methyl/N-ethyl adjacent to an activating group) is 1. The number of nitrogens with zero attached hydrogens (tertiary/aromatic N) is 2. The van der Waals surface area contributed by atoms with E-state index >= 15 is 0 Å². The third-order valence-electron chi connectivity index (χ3n) is 9.41. The molecule has 1 saturated heterocycles. The van der Waals surface area contributed by atoms with Gasteiger partial charge in [-0.05, 0) is 43.7 Å². The summed E-state index contributed by atoms with van der Waals surface area (Å²) in [4.78, 5) is 14.6. The quantitative estimate of drug-likeness (QED) is 0.281. The predicted octanol–water partition coefficient (Wildman–Crippen LogP) is 3.68. The third kappa shape index (κ3) is 4.00. The molecule has 9 heteroatoms. The average molecular weight is 553 g/mol. The number of esters is 1. The van der Waals surface area contributed by atoms with Gasteiger partial charge in [0, 0.05) is 49.2 Å². The summed E-state index contributed by atoms with van der Waals surface area (Å²) in [5.41, 5.74) is 2.40. The summed E-state index contributed by atoms with van der Waals surface area (Å²) in [5, 5.41) is 0.